The maximum atomic E-state index is 12.0. The van der Waals surface area contributed by atoms with Gasteiger partial charge in [0, 0.05) is 24.5 Å². The van der Waals surface area contributed by atoms with Gasteiger partial charge in [0.1, 0.15) is 0 Å². The molecule has 0 aliphatic heterocycles. The summed E-state index contributed by atoms with van der Waals surface area (Å²) in [6.45, 7) is 0.588. The van der Waals surface area contributed by atoms with Gasteiger partial charge in [0.15, 0.2) is 0 Å². The van der Waals surface area contributed by atoms with Crippen molar-refractivity contribution in [2.24, 2.45) is 0 Å². The molecule has 2 aromatic rings. The summed E-state index contributed by atoms with van der Waals surface area (Å²) in [5, 5.41) is 7.13. The van der Waals surface area contributed by atoms with E-state index in [0.29, 0.717) is 12.1 Å². The Labute approximate surface area is 117 Å². The number of hydrogen-bond donors (Lipinski definition) is 1. The van der Waals surface area contributed by atoms with E-state index in [9.17, 15) is 4.79 Å². The average molecular weight is 275 g/mol. The number of aromatic nitrogens is 1. The minimum Gasteiger partial charge on any atom is -0.350 e. The standard InChI is InChI=1S/C14H17N3OS/c1-17(2)13(12-5-8-19-10-12)9-16-14(18)11-3-6-15-7-4-11/h3-8,10,13H,9H2,1-2H3,(H,16,18). The van der Waals surface area contributed by atoms with E-state index in [1.165, 1.54) is 5.56 Å². The number of rotatable bonds is 5. The number of hydrogen-bond acceptors (Lipinski definition) is 4. The van der Waals surface area contributed by atoms with Crippen LogP contribution in [0.2, 0.25) is 0 Å². The monoisotopic (exact) mass is 275 g/mol. The predicted molar refractivity (Wildman–Crippen MR) is 77.3 cm³/mol. The Kier molecular flexibility index (Phi) is 4.65. The summed E-state index contributed by atoms with van der Waals surface area (Å²) in [6.07, 6.45) is 3.24. The Bertz CT molecular complexity index is 511. The normalized spacial score (nSPS) is 12.4. The zero-order chi connectivity index (χ0) is 13.7. The highest BCUT2D eigenvalue weighted by Gasteiger charge is 2.16. The molecule has 0 aromatic carbocycles. The number of carbonyl (C=O) groups excluding carboxylic acids is 1. The number of nitrogens with zero attached hydrogens (tertiary/aromatic N) is 2. The van der Waals surface area contributed by atoms with Crippen molar-refractivity contribution in [3.8, 4) is 0 Å². The van der Waals surface area contributed by atoms with E-state index in [0.717, 1.165) is 0 Å². The van der Waals surface area contributed by atoms with Gasteiger partial charge in [-0.2, -0.15) is 11.3 Å². The fourth-order valence-corrected chi connectivity index (χ4v) is 2.56. The summed E-state index contributed by atoms with van der Waals surface area (Å²) in [7, 11) is 4.03. The lowest BCUT2D eigenvalue weighted by Crippen LogP contribution is -2.34. The van der Waals surface area contributed by atoms with Crippen LogP contribution in [0.1, 0.15) is 22.0 Å². The quantitative estimate of drug-likeness (QED) is 0.909. The number of likely N-dealkylation sites (N-methyl/N-ethyl adjacent to an activating group) is 1. The van der Waals surface area contributed by atoms with E-state index >= 15 is 0 Å². The van der Waals surface area contributed by atoms with Gasteiger partial charge in [-0.05, 0) is 48.6 Å². The molecule has 2 heterocycles. The van der Waals surface area contributed by atoms with Crippen LogP contribution in [0.4, 0.5) is 0 Å². The van der Waals surface area contributed by atoms with Crippen LogP contribution >= 0.6 is 11.3 Å². The maximum absolute atomic E-state index is 12.0. The first-order valence-electron chi connectivity index (χ1n) is 6.05. The molecule has 2 rings (SSSR count). The number of carbonyl (C=O) groups is 1. The van der Waals surface area contributed by atoms with Crippen LogP contribution in [-0.4, -0.2) is 36.4 Å². The lowest BCUT2D eigenvalue weighted by Gasteiger charge is -2.24. The highest BCUT2D eigenvalue weighted by Crippen LogP contribution is 2.20. The summed E-state index contributed by atoms with van der Waals surface area (Å²) in [6, 6.07) is 5.71. The van der Waals surface area contributed by atoms with Gasteiger partial charge in [-0.15, -0.1) is 0 Å². The molecule has 0 saturated carbocycles. The van der Waals surface area contributed by atoms with E-state index in [-0.39, 0.29) is 11.9 Å². The Morgan fingerprint density at radius 3 is 2.68 bits per heavy atom. The fraction of sp³-hybridized carbons (Fsp3) is 0.286. The molecule has 0 saturated heterocycles. The van der Waals surface area contributed by atoms with Gasteiger partial charge in [0.25, 0.3) is 5.91 Å². The molecule has 0 spiro atoms. The van der Waals surface area contributed by atoms with Gasteiger partial charge in [-0.25, -0.2) is 0 Å². The van der Waals surface area contributed by atoms with Crippen LogP contribution in [-0.2, 0) is 0 Å². The smallest absolute Gasteiger partial charge is 0.251 e. The molecule has 5 heteroatoms. The second-order valence-electron chi connectivity index (χ2n) is 4.48. The maximum Gasteiger partial charge on any atom is 0.251 e. The summed E-state index contributed by atoms with van der Waals surface area (Å²) < 4.78 is 0. The van der Waals surface area contributed by atoms with Crippen molar-refractivity contribution in [1.29, 1.82) is 0 Å². The molecule has 100 valence electrons. The van der Waals surface area contributed by atoms with Gasteiger partial charge in [0.05, 0.1) is 6.04 Å². The van der Waals surface area contributed by atoms with Crippen molar-refractivity contribution in [2.45, 2.75) is 6.04 Å². The zero-order valence-corrected chi connectivity index (χ0v) is 11.9. The molecule has 1 unspecified atom stereocenters. The molecule has 19 heavy (non-hydrogen) atoms. The Morgan fingerprint density at radius 1 is 1.37 bits per heavy atom. The Morgan fingerprint density at radius 2 is 2.11 bits per heavy atom. The molecule has 0 radical (unpaired) electrons. The third kappa shape index (κ3) is 3.62. The van der Waals surface area contributed by atoms with E-state index in [2.05, 4.69) is 32.0 Å². The topological polar surface area (TPSA) is 45.2 Å². The summed E-state index contributed by atoms with van der Waals surface area (Å²) >= 11 is 1.67. The van der Waals surface area contributed by atoms with Gasteiger partial charge < -0.3 is 10.2 Å². The fourth-order valence-electron chi connectivity index (χ4n) is 1.86. The zero-order valence-electron chi connectivity index (χ0n) is 11.0. The van der Waals surface area contributed by atoms with Crippen LogP contribution < -0.4 is 5.32 Å². The number of pyridine rings is 1. The molecular weight excluding hydrogens is 258 g/mol. The molecule has 0 fully saturated rings. The van der Waals surface area contributed by atoms with Crippen molar-refractivity contribution in [3.05, 3.63) is 52.5 Å². The molecule has 4 nitrogen and oxygen atoms in total. The highest BCUT2D eigenvalue weighted by atomic mass is 32.1. The summed E-state index contributed by atoms with van der Waals surface area (Å²) in [5.74, 6) is -0.0653. The van der Waals surface area contributed by atoms with Crippen LogP contribution in [0.25, 0.3) is 0 Å². The second kappa shape index (κ2) is 6.45. The summed E-state index contributed by atoms with van der Waals surface area (Å²) in [4.78, 5) is 18.0. The van der Waals surface area contributed by atoms with E-state index in [1.54, 1.807) is 35.9 Å². The van der Waals surface area contributed by atoms with Crippen molar-refractivity contribution in [2.75, 3.05) is 20.6 Å². The predicted octanol–water partition coefficient (Wildman–Crippen LogP) is 2.18. The first-order chi connectivity index (χ1) is 9.18. The lowest BCUT2D eigenvalue weighted by atomic mass is 10.1. The minimum atomic E-state index is -0.0653. The van der Waals surface area contributed by atoms with Crippen LogP contribution in [0.15, 0.2) is 41.4 Å². The van der Waals surface area contributed by atoms with E-state index in [1.807, 2.05) is 14.1 Å². The third-order valence-electron chi connectivity index (χ3n) is 2.95. The molecule has 0 aliphatic carbocycles. The van der Waals surface area contributed by atoms with Crippen molar-refractivity contribution < 1.29 is 4.79 Å². The number of amides is 1. The lowest BCUT2D eigenvalue weighted by molar-refractivity contribution is 0.0942. The van der Waals surface area contributed by atoms with Gasteiger partial charge in [-0.3, -0.25) is 9.78 Å². The third-order valence-corrected chi connectivity index (χ3v) is 3.65. The molecule has 0 bridgehead atoms. The molecular formula is C14H17N3OS. The van der Waals surface area contributed by atoms with Gasteiger partial charge in [0.2, 0.25) is 0 Å². The van der Waals surface area contributed by atoms with Crippen LogP contribution in [0, 0.1) is 0 Å². The number of thiophene rings is 1. The van der Waals surface area contributed by atoms with Crippen molar-refractivity contribution >= 4 is 17.2 Å². The minimum absolute atomic E-state index is 0.0653. The van der Waals surface area contributed by atoms with Gasteiger partial charge >= 0.3 is 0 Å². The van der Waals surface area contributed by atoms with Crippen molar-refractivity contribution in [1.82, 2.24) is 15.2 Å². The molecule has 2 aromatic heterocycles. The Hall–Kier alpha value is -1.72. The molecule has 1 atom stereocenters. The van der Waals surface area contributed by atoms with Crippen molar-refractivity contribution in [3.63, 3.8) is 0 Å². The van der Waals surface area contributed by atoms with Crippen LogP contribution in [0.5, 0.6) is 0 Å². The summed E-state index contributed by atoms with van der Waals surface area (Å²) in [5.41, 5.74) is 1.86. The Balaban J connectivity index is 1.98. The molecule has 0 aliphatic rings. The van der Waals surface area contributed by atoms with Crippen LogP contribution in [0.3, 0.4) is 0 Å². The van der Waals surface area contributed by atoms with Gasteiger partial charge in [-0.1, -0.05) is 0 Å². The molecule has 1 amide bonds. The molecule has 1 N–H and O–H groups in total. The van der Waals surface area contributed by atoms with E-state index < -0.39 is 0 Å². The highest BCUT2D eigenvalue weighted by molar-refractivity contribution is 7.07. The number of nitrogens with one attached hydrogen (secondary N) is 1. The van der Waals surface area contributed by atoms with E-state index in [4.69, 9.17) is 0 Å². The largest absolute Gasteiger partial charge is 0.350 e. The first kappa shape index (κ1) is 13.7. The average Bonchev–Trinajstić information content (AvgIpc) is 2.93. The first-order valence-corrected chi connectivity index (χ1v) is 6.99. The second-order valence-corrected chi connectivity index (χ2v) is 5.26. The SMILES string of the molecule is CN(C)C(CNC(=O)c1ccncc1)c1ccsc1.